The summed E-state index contributed by atoms with van der Waals surface area (Å²) < 4.78 is 5.47. The normalized spacial score (nSPS) is 12.5. The molecule has 5 nitrogen and oxygen atoms in total. The second-order valence-corrected chi connectivity index (χ2v) is 5.95. The van der Waals surface area contributed by atoms with Crippen molar-refractivity contribution in [3.8, 4) is 5.75 Å². The van der Waals surface area contributed by atoms with Crippen molar-refractivity contribution < 1.29 is 20.1 Å². The zero-order valence-corrected chi connectivity index (χ0v) is 14.7. The Morgan fingerprint density at radius 1 is 1.21 bits per heavy atom. The fourth-order valence-electron chi connectivity index (χ4n) is 2.39. The van der Waals surface area contributed by atoms with Crippen molar-refractivity contribution in [2.24, 2.45) is 0 Å². The van der Waals surface area contributed by atoms with Gasteiger partial charge in [0.1, 0.15) is 5.75 Å². The number of rotatable bonds is 14. The minimum atomic E-state index is -0.640. The molecule has 1 aromatic carbocycles. The number of benzene rings is 1. The molecule has 0 spiro atoms. The molecule has 0 saturated heterocycles. The van der Waals surface area contributed by atoms with Crippen LogP contribution in [0.15, 0.2) is 18.2 Å². The van der Waals surface area contributed by atoms with E-state index < -0.39 is 6.10 Å². The lowest BCUT2D eigenvalue weighted by atomic mass is 10.1. The van der Waals surface area contributed by atoms with Crippen molar-refractivity contribution in [1.29, 1.82) is 0 Å². The van der Waals surface area contributed by atoms with Gasteiger partial charge in [0, 0.05) is 25.3 Å². The number of nitrogens with one attached hydrogen (secondary N) is 1. The predicted octanol–water partition coefficient (Wildman–Crippen LogP) is 2.70. The molecule has 5 heteroatoms. The van der Waals surface area contributed by atoms with Gasteiger partial charge in [-0.25, -0.2) is 0 Å². The van der Waals surface area contributed by atoms with Crippen LogP contribution in [0.1, 0.15) is 56.3 Å². The summed E-state index contributed by atoms with van der Waals surface area (Å²) >= 11 is 0. The van der Waals surface area contributed by atoms with Crippen LogP contribution in [0, 0.1) is 6.42 Å². The van der Waals surface area contributed by atoms with E-state index in [0.29, 0.717) is 17.7 Å². The number of aliphatic hydroxyl groups is 2. The quantitative estimate of drug-likeness (QED) is 0.392. The first-order valence-corrected chi connectivity index (χ1v) is 8.89. The average molecular weight is 338 g/mol. The number of phenols is 1. The number of aromatic hydroxyl groups is 1. The maximum Gasteiger partial charge on any atom is 0.121 e. The third-order valence-corrected chi connectivity index (χ3v) is 3.91. The highest BCUT2D eigenvalue weighted by atomic mass is 16.5. The van der Waals surface area contributed by atoms with Crippen LogP contribution in [-0.4, -0.2) is 41.6 Å². The summed E-state index contributed by atoms with van der Waals surface area (Å²) in [5.74, 6) is 0.0537. The van der Waals surface area contributed by atoms with E-state index in [9.17, 15) is 10.2 Å². The molecule has 1 radical (unpaired) electrons. The number of ether oxygens (including phenoxy) is 1. The summed E-state index contributed by atoms with van der Waals surface area (Å²) in [5.41, 5.74) is 1.13. The standard InChI is InChI=1S/C19H32NO4/c1-2-3-11-24-12-7-5-4-6-10-20-14-19(23)16-8-9-18(22)17(13-16)15-21/h3,8-9,13,19-23H,2,4-7,10-12,14-15H2,1H3/t19-/m1/s1. The minimum Gasteiger partial charge on any atom is -0.508 e. The van der Waals surface area contributed by atoms with Crippen molar-refractivity contribution in [3.63, 3.8) is 0 Å². The van der Waals surface area contributed by atoms with Crippen LogP contribution >= 0.6 is 0 Å². The molecule has 0 heterocycles. The van der Waals surface area contributed by atoms with Crippen LogP contribution in [0.4, 0.5) is 0 Å². The van der Waals surface area contributed by atoms with Crippen molar-refractivity contribution >= 4 is 0 Å². The van der Waals surface area contributed by atoms with E-state index in [1.54, 1.807) is 12.1 Å². The lowest BCUT2D eigenvalue weighted by molar-refractivity contribution is 0.147. The smallest absolute Gasteiger partial charge is 0.121 e. The van der Waals surface area contributed by atoms with Gasteiger partial charge in [0.2, 0.25) is 0 Å². The van der Waals surface area contributed by atoms with Gasteiger partial charge < -0.3 is 25.4 Å². The molecule has 0 fully saturated rings. The van der Waals surface area contributed by atoms with Gasteiger partial charge in [-0.05, 0) is 43.5 Å². The topological polar surface area (TPSA) is 82.0 Å². The van der Waals surface area contributed by atoms with E-state index in [-0.39, 0.29) is 12.4 Å². The second-order valence-electron chi connectivity index (χ2n) is 5.95. The largest absolute Gasteiger partial charge is 0.508 e. The van der Waals surface area contributed by atoms with Crippen LogP contribution in [0.5, 0.6) is 5.75 Å². The van der Waals surface area contributed by atoms with Crippen LogP contribution in [0.25, 0.3) is 0 Å². The Morgan fingerprint density at radius 3 is 2.75 bits per heavy atom. The van der Waals surface area contributed by atoms with Crippen LogP contribution in [0.3, 0.4) is 0 Å². The molecule has 0 aromatic heterocycles. The molecule has 4 N–H and O–H groups in total. The van der Waals surface area contributed by atoms with E-state index in [1.165, 1.54) is 6.07 Å². The Bertz CT molecular complexity index is 439. The van der Waals surface area contributed by atoms with Crippen LogP contribution in [-0.2, 0) is 11.3 Å². The number of unbranched alkanes of at least 4 members (excludes halogenated alkanes) is 4. The lowest BCUT2D eigenvalue weighted by Crippen LogP contribution is -2.22. The lowest BCUT2D eigenvalue weighted by Gasteiger charge is -2.14. The van der Waals surface area contributed by atoms with Crippen molar-refractivity contribution in [1.82, 2.24) is 5.32 Å². The molecule has 0 aliphatic carbocycles. The molecule has 0 unspecified atom stereocenters. The molecule has 1 atom stereocenters. The Kier molecular flexibility index (Phi) is 11.5. The molecule has 0 aliphatic rings. The summed E-state index contributed by atoms with van der Waals surface area (Å²) in [7, 11) is 0. The van der Waals surface area contributed by atoms with Crippen LogP contribution < -0.4 is 5.32 Å². The molecule has 1 rings (SSSR count). The van der Waals surface area contributed by atoms with E-state index in [4.69, 9.17) is 9.84 Å². The SMILES string of the molecule is CC[CH]COCCCCCCNC[C@@H](O)c1ccc(O)c(CO)c1. The summed E-state index contributed by atoms with van der Waals surface area (Å²) in [4.78, 5) is 0. The highest BCUT2D eigenvalue weighted by molar-refractivity contribution is 5.36. The van der Waals surface area contributed by atoms with E-state index in [2.05, 4.69) is 18.7 Å². The summed E-state index contributed by atoms with van der Waals surface area (Å²) in [5, 5.41) is 32.0. The van der Waals surface area contributed by atoms with E-state index in [0.717, 1.165) is 51.9 Å². The Hall–Kier alpha value is -1.14. The van der Waals surface area contributed by atoms with Gasteiger partial charge in [-0.3, -0.25) is 0 Å². The second kappa shape index (κ2) is 13.2. The maximum atomic E-state index is 10.1. The zero-order chi connectivity index (χ0) is 17.6. The number of aliphatic hydroxyl groups excluding tert-OH is 2. The average Bonchev–Trinajstić information content (AvgIpc) is 2.59. The molecule has 0 saturated carbocycles. The van der Waals surface area contributed by atoms with Gasteiger partial charge in [0.05, 0.1) is 12.7 Å². The number of hydrogen-bond donors (Lipinski definition) is 4. The first kappa shape index (κ1) is 20.9. The van der Waals surface area contributed by atoms with Crippen LogP contribution in [0.2, 0.25) is 0 Å². The predicted molar refractivity (Wildman–Crippen MR) is 95.7 cm³/mol. The number of hydrogen-bond acceptors (Lipinski definition) is 5. The van der Waals surface area contributed by atoms with Gasteiger partial charge in [-0.1, -0.05) is 32.3 Å². The molecule has 0 aliphatic heterocycles. The Labute approximate surface area is 145 Å². The van der Waals surface area contributed by atoms with E-state index >= 15 is 0 Å². The fourth-order valence-corrected chi connectivity index (χ4v) is 2.39. The van der Waals surface area contributed by atoms with Gasteiger partial charge in [0.25, 0.3) is 0 Å². The van der Waals surface area contributed by atoms with Gasteiger partial charge in [0.15, 0.2) is 0 Å². The first-order valence-electron chi connectivity index (χ1n) is 8.89. The summed E-state index contributed by atoms with van der Waals surface area (Å²) in [6, 6.07) is 4.82. The third kappa shape index (κ3) is 8.64. The van der Waals surface area contributed by atoms with Gasteiger partial charge in [-0.15, -0.1) is 0 Å². The highest BCUT2D eigenvalue weighted by Gasteiger charge is 2.09. The van der Waals surface area contributed by atoms with Crippen molar-refractivity contribution in [2.45, 2.75) is 51.7 Å². The molecule has 24 heavy (non-hydrogen) atoms. The molecular formula is C19H32NO4. The molecule has 0 amide bonds. The van der Waals surface area contributed by atoms with Crippen molar-refractivity contribution in [3.05, 3.63) is 35.7 Å². The molecular weight excluding hydrogens is 306 g/mol. The van der Waals surface area contributed by atoms with Gasteiger partial charge in [-0.2, -0.15) is 0 Å². The minimum absolute atomic E-state index is 0.0537. The van der Waals surface area contributed by atoms with Crippen molar-refractivity contribution in [2.75, 3.05) is 26.3 Å². The molecule has 137 valence electrons. The monoisotopic (exact) mass is 338 g/mol. The first-order chi connectivity index (χ1) is 11.7. The Morgan fingerprint density at radius 2 is 2.00 bits per heavy atom. The maximum absolute atomic E-state index is 10.1. The summed E-state index contributed by atoms with van der Waals surface area (Å²) in [6.45, 7) is 4.79. The van der Waals surface area contributed by atoms with Gasteiger partial charge >= 0.3 is 0 Å². The third-order valence-electron chi connectivity index (χ3n) is 3.91. The Balaban J connectivity index is 2.04. The summed E-state index contributed by atoms with van der Waals surface area (Å²) in [6.07, 6.45) is 7.03. The fraction of sp³-hybridized carbons (Fsp3) is 0.632. The highest BCUT2D eigenvalue weighted by Crippen LogP contribution is 2.22. The molecule has 0 bridgehead atoms. The zero-order valence-electron chi connectivity index (χ0n) is 14.7. The van der Waals surface area contributed by atoms with E-state index in [1.807, 2.05) is 0 Å². The molecule has 1 aromatic rings.